The number of allylic oxidation sites excluding steroid dienone is 1. The lowest BCUT2D eigenvalue weighted by molar-refractivity contribution is -0.0825. The molecule has 2 rings (SSSR count). The van der Waals surface area contributed by atoms with Gasteiger partial charge in [0.25, 0.3) is 0 Å². The summed E-state index contributed by atoms with van der Waals surface area (Å²) >= 11 is 0. The first kappa shape index (κ1) is 19.9. The normalized spacial score (nSPS) is 13.2. The monoisotopic (exact) mass is 350 g/mol. The van der Waals surface area contributed by atoms with Crippen LogP contribution in [-0.4, -0.2) is 29.7 Å². The van der Waals surface area contributed by atoms with E-state index < -0.39 is 12.4 Å². The van der Waals surface area contributed by atoms with E-state index in [2.05, 4.69) is 24.8 Å². The molecule has 2 atom stereocenters. The number of aliphatic hydroxyl groups is 2. The molecule has 3 nitrogen and oxygen atoms in total. The smallest absolute Gasteiger partial charge is 0.154 e. The van der Waals surface area contributed by atoms with Crippen LogP contribution in [0.4, 0.5) is 0 Å². The van der Waals surface area contributed by atoms with Crippen molar-refractivity contribution in [2.24, 2.45) is 0 Å². The second-order valence-corrected chi connectivity index (χ2v) is 6.19. The van der Waals surface area contributed by atoms with Crippen molar-refractivity contribution < 1.29 is 14.9 Å². The average molecular weight is 350 g/mol. The molecular formula is C23H26O3. The Morgan fingerprint density at radius 2 is 1.62 bits per heavy atom. The van der Waals surface area contributed by atoms with Crippen molar-refractivity contribution in [3.63, 3.8) is 0 Å². The standard InChI is InChI=1S/C23H26O3/c1-18-8-3-4-9-19(18)14-15-21-11-6-5-10-20(21)12-7-13-22(24)16-17-23(25)26-2/h3-11,13,22-25H,12,16-17H2,1-2H3/b13-7+. The average Bonchev–Trinajstić information content (AvgIpc) is 2.66. The lowest BCUT2D eigenvalue weighted by Gasteiger charge is -2.10. The molecule has 0 amide bonds. The maximum atomic E-state index is 9.94. The maximum Gasteiger partial charge on any atom is 0.154 e. The van der Waals surface area contributed by atoms with Crippen LogP contribution in [0, 0.1) is 18.8 Å². The van der Waals surface area contributed by atoms with Crippen molar-refractivity contribution in [1.29, 1.82) is 0 Å². The fourth-order valence-corrected chi connectivity index (χ4v) is 2.55. The third kappa shape index (κ3) is 6.50. The summed E-state index contributed by atoms with van der Waals surface area (Å²) < 4.78 is 4.77. The molecular weight excluding hydrogens is 324 g/mol. The minimum absolute atomic E-state index is 0.403. The summed E-state index contributed by atoms with van der Waals surface area (Å²) in [7, 11) is 1.45. The lowest BCUT2D eigenvalue weighted by atomic mass is 10.0. The minimum atomic E-state index is -0.824. The van der Waals surface area contributed by atoms with E-state index in [1.54, 1.807) is 6.08 Å². The summed E-state index contributed by atoms with van der Waals surface area (Å²) in [4.78, 5) is 0. The number of benzene rings is 2. The zero-order valence-electron chi connectivity index (χ0n) is 15.4. The van der Waals surface area contributed by atoms with Gasteiger partial charge in [-0.3, -0.25) is 0 Å². The van der Waals surface area contributed by atoms with E-state index in [1.165, 1.54) is 12.7 Å². The number of rotatable bonds is 7. The summed E-state index contributed by atoms with van der Waals surface area (Å²) in [6.45, 7) is 2.06. The SMILES string of the molecule is COC(O)CCC(O)/C=C/Cc1ccccc1C#Cc1ccccc1C. The van der Waals surface area contributed by atoms with E-state index in [-0.39, 0.29) is 0 Å². The molecule has 2 aromatic rings. The Bertz CT molecular complexity index is 783. The molecule has 0 saturated heterocycles. The summed E-state index contributed by atoms with van der Waals surface area (Å²) in [6, 6.07) is 16.1. The van der Waals surface area contributed by atoms with Gasteiger partial charge in [0.15, 0.2) is 6.29 Å². The molecule has 136 valence electrons. The third-order valence-electron chi connectivity index (χ3n) is 4.17. The molecule has 0 aliphatic carbocycles. The summed E-state index contributed by atoms with van der Waals surface area (Å²) in [5, 5.41) is 19.3. The first-order valence-corrected chi connectivity index (χ1v) is 8.81. The molecule has 2 aromatic carbocycles. The number of ether oxygens (including phenoxy) is 1. The molecule has 0 aliphatic heterocycles. The Labute approximate surface area is 156 Å². The first-order chi connectivity index (χ1) is 12.6. The van der Waals surface area contributed by atoms with Gasteiger partial charge >= 0.3 is 0 Å². The van der Waals surface area contributed by atoms with Gasteiger partial charge in [-0.2, -0.15) is 0 Å². The summed E-state index contributed by atoms with van der Waals surface area (Å²) in [5.74, 6) is 6.50. The van der Waals surface area contributed by atoms with E-state index in [0.29, 0.717) is 19.3 Å². The molecule has 0 spiro atoms. The van der Waals surface area contributed by atoms with Crippen molar-refractivity contribution in [2.75, 3.05) is 7.11 Å². The highest BCUT2D eigenvalue weighted by Crippen LogP contribution is 2.11. The van der Waals surface area contributed by atoms with Crippen molar-refractivity contribution >= 4 is 0 Å². The van der Waals surface area contributed by atoms with E-state index in [4.69, 9.17) is 4.74 Å². The number of aliphatic hydroxyl groups excluding tert-OH is 2. The first-order valence-electron chi connectivity index (χ1n) is 8.81. The molecule has 2 unspecified atom stereocenters. The van der Waals surface area contributed by atoms with Crippen LogP contribution in [0.2, 0.25) is 0 Å². The molecule has 26 heavy (non-hydrogen) atoms. The van der Waals surface area contributed by atoms with Gasteiger partial charge in [-0.05, 0) is 43.0 Å². The summed E-state index contributed by atoms with van der Waals surface area (Å²) in [6.07, 6.45) is 3.84. The van der Waals surface area contributed by atoms with Crippen molar-refractivity contribution in [2.45, 2.75) is 38.6 Å². The highest BCUT2D eigenvalue weighted by atomic mass is 16.6. The van der Waals surface area contributed by atoms with Crippen LogP contribution in [0.5, 0.6) is 0 Å². The predicted octanol–water partition coefficient (Wildman–Crippen LogP) is 3.60. The van der Waals surface area contributed by atoms with Gasteiger partial charge in [0.05, 0.1) is 6.10 Å². The van der Waals surface area contributed by atoms with E-state index in [0.717, 1.165) is 16.7 Å². The fraction of sp³-hybridized carbons (Fsp3) is 0.304. The number of hydrogen-bond acceptors (Lipinski definition) is 3. The molecule has 0 bridgehead atoms. The second-order valence-electron chi connectivity index (χ2n) is 6.19. The van der Waals surface area contributed by atoms with Gasteiger partial charge in [0.1, 0.15) is 0 Å². The molecule has 0 aliphatic rings. The zero-order valence-corrected chi connectivity index (χ0v) is 15.4. The quantitative estimate of drug-likeness (QED) is 0.456. The number of methoxy groups -OCH3 is 1. The maximum absolute atomic E-state index is 9.94. The zero-order chi connectivity index (χ0) is 18.8. The van der Waals surface area contributed by atoms with Gasteiger partial charge in [-0.1, -0.05) is 60.4 Å². The minimum Gasteiger partial charge on any atom is -0.389 e. The predicted molar refractivity (Wildman–Crippen MR) is 105 cm³/mol. The van der Waals surface area contributed by atoms with Crippen LogP contribution in [0.1, 0.15) is 35.1 Å². The Kier molecular flexibility index (Phi) is 8.11. The van der Waals surface area contributed by atoms with Gasteiger partial charge in [-0.25, -0.2) is 0 Å². The van der Waals surface area contributed by atoms with Crippen LogP contribution < -0.4 is 0 Å². The topological polar surface area (TPSA) is 49.7 Å². The van der Waals surface area contributed by atoms with Gasteiger partial charge in [0, 0.05) is 24.7 Å². The molecule has 0 aromatic heterocycles. The Balaban J connectivity index is 2.01. The lowest BCUT2D eigenvalue weighted by Crippen LogP contribution is -2.13. The van der Waals surface area contributed by atoms with Crippen LogP contribution in [-0.2, 0) is 11.2 Å². The fourth-order valence-electron chi connectivity index (χ4n) is 2.55. The molecule has 2 N–H and O–H groups in total. The molecule has 0 saturated carbocycles. The summed E-state index contributed by atoms with van der Waals surface area (Å²) in [5.41, 5.74) is 4.31. The highest BCUT2D eigenvalue weighted by molar-refractivity contribution is 5.49. The van der Waals surface area contributed by atoms with Crippen LogP contribution in [0.15, 0.2) is 60.7 Å². The molecule has 0 radical (unpaired) electrons. The largest absolute Gasteiger partial charge is 0.389 e. The van der Waals surface area contributed by atoms with Crippen molar-refractivity contribution in [3.8, 4) is 11.8 Å². The Morgan fingerprint density at radius 1 is 0.962 bits per heavy atom. The molecule has 0 heterocycles. The van der Waals surface area contributed by atoms with Gasteiger partial charge in [0.2, 0.25) is 0 Å². The van der Waals surface area contributed by atoms with Gasteiger partial charge in [-0.15, -0.1) is 0 Å². The van der Waals surface area contributed by atoms with E-state index in [9.17, 15) is 10.2 Å². The van der Waals surface area contributed by atoms with Crippen molar-refractivity contribution in [1.82, 2.24) is 0 Å². The second kappa shape index (κ2) is 10.6. The van der Waals surface area contributed by atoms with Crippen molar-refractivity contribution in [3.05, 3.63) is 82.9 Å². The molecule has 0 fully saturated rings. The van der Waals surface area contributed by atoms with E-state index in [1.807, 2.05) is 48.5 Å². The third-order valence-corrected chi connectivity index (χ3v) is 4.17. The van der Waals surface area contributed by atoms with Crippen LogP contribution in [0.25, 0.3) is 0 Å². The Morgan fingerprint density at radius 3 is 2.35 bits per heavy atom. The highest BCUT2D eigenvalue weighted by Gasteiger charge is 2.05. The molecule has 3 heteroatoms. The van der Waals surface area contributed by atoms with Gasteiger partial charge < -0.3 is 14.9 Å². The van der Waals surface area contributed by atoms with Crippen LogP contribution in [0.3, 0.4) is 0 Å². The van der Waals surface area contributed by atoms with E-state index >= 15 is 0 Å². The number of hydrogen-bond donors (Lipinski definition) is 2. The Hall–Kier alpha value is -2.38. The number of aryl methyl sites for hydroxylation is 1. The van der Waals surface area contributed by atoms with Crippen LogP contribution >= 0.6 is 0 Å².